The van der Waals surface area contributed by atoms with E-state index in [1.165, 1.54) is 37.8 Å². The van der Waals surface area contributed by atoms with Crippen molar-refractivity contribution in [3.05, 3.63) is 30.1 Å². The Morgan fingerprint density at radius 2 is 2.00 bits per heavy atom. The first-order chi connectivity index (χ1) is 9.31. The van der Waals surface area contributed by atoms with Crippen molar-refractivity contribution >= 4 is 0 Å². The van der Waals surface area contributed by atoms with Crippen molar-refractivity contribution in [3.8, 4) is 0 Å². The number of nitrogens with zero attached hydrogens (tertiary/aromatic N) is 1. The molecule has 4 aliphatic rings. The number of hydrogen-bond donors (Lipinski definition) is 1. The summed E-state index contributed by atoms with van der Waals surface area (Å²) in [7, 11) is 0. The van der Waals surface area contributed by atoms with Gasteiger partial charge in [0.1, 0.15) is 0 Å². The van der Waals surface area contributed by atoms with Crippen molar-refractivity contribution in [1.29, 1.82) is 0 Å². The Balaban J connectivity index is 1.67. The van der Waals surface area contributed by atoms with Crippen LogP contribution in [-0.4, -0.2) is 17.6 Å². The van der Waals surface area contributed by atoms with Gasteiger partial charge in [0.25, 0.3) is 0 Å². The highest BCUT2D eigenvalue weighted by molar-refractivity contribution is 5.24. The highest BCUT2D eigenvalue weighted by atomic mass is 14.9. The summed E-state index contributed by atoms with van der Waals surface area (Å²) in [5.41, 5.74) is 1.80. The second-order valence-corrected chi connectivity index (χ2v) is 7.05. The van der Waals surface area contributed by atoms with Crippen molar-refractivity contribution in [2.75, 3.05) is 6.54 Å². The molecule has 19 heavy (non-hydrogen) atoms. The summed E-state index contributed by atoms with van der Waals surface area (Å²) in [5.74, 6) is 2.76. The summed E-state index contributed by atoms with van der Waals surface area (Å²) in [6, 6.07) is 7.28. The van der Waals surface area contributed by atoms with Crippen molar-refractivity contribution in [3.63, 3.8) is 0 Å². The van der Waals surface area contributed by atoms with Crippen LogP contribution in [0.3, 0.4) is 0 Å². The average Bonchev–Trinajstić information content (AvgIpc) is 2.43. The van der Waals surface area contributed by atoms with Gasteiger partial charge in [-0.2, -0.15) is 0 Å². The molecule has 5 rings (SSSR count). The van der Waals surface area contributed by atoms with E-state index in [4.69, 9.17) is 4.98 Å². The van der Waals surface area contributed by atoms with E-state index in [1.54, 1.807) is 0 Å². The van der Waals surface area contributed by atoms with E-state index in [0.717, 1.165) is 30.3 Å². The minimum Gasteiger partial charge on any atom is -0.314 e. The first-order valence-electron chi connectivity index (χ1n) is 7.95. The zero-order valence-electron chi connectivity index (χ0n) is 11.8. The molecular formula is C17H24N2. The fourth-order valence-electron chi connectivity index (χ4n) is 5.58. The van der Waals surface area contributed by atoms with Gasteiger partial charge in [-0.3, -0.25) is 4.98 Å². The maximum absolute atomic E-state index is 4.72. The fourth-order valence-corrected chi connectivity index (χ4v) is 5.58. The van der Waals surface area contributed by atoms with Crippen LogP contribution in [-0.2, 0) is 5.41 Å². The summed E-state index contributed by atoms with van der Waals surface area (Å²) in [6.45, 7) is 3.37. The second kappa shape index (κ2) is 4.31. The average molecular weight is 256 g/mol. The highest BCUT2D eigenvalue weighted by Crippen LogP contribution is 2.60. The van der Waals surface area contributed by atoms with Crippen LogP contribution >= 0.6 is 0 Å². The zero-order valence-corrected chi connectivity index (χ0v) is 11.8. The molecule has 2 nitrogen and oxygen atoms in total. The monoisotopic (exact) mass is 256 g/mol. The lowest BCUT2D eigenvalue weighted by Crippen LogP contribution is -2.59. The molecule has 0 aromatic carbocycles. The van der Waals surface area contributed by atoms with E-state index < -0.39 is 0 Å². The van der Waals surface area contributed by atoms with Gasteiger partial charge in [-0.25, -0.2) is 0 Å². The van der Waals surface area contributed by atoms with E-state index >= 15 is 0 Å². The van der Waals surface area contributed by atoms with Gasteiger partial charge in [-0.15, -0.1) is 0 Å². The topological polar surface area (TPSA) is 24.9 Å². The lowest BCUT2D eigenvalue weighted by molar-refractivity contribution is -0.0360. The molecule has 0 radical (unpaired) electrons. The van der Waals surface area contributed by atoms with Crippen LogP contribution in [0.15, 0.2) is 24.4 Å². The molecule has 1 heterocycles. The quantitative estimate of drug-likeness (QED) is 0.898. The standard InChI is InChI=1S/C17H24N2/c1-2-18-16-13-7-12-8-14(16)11-17(9-12,10-13)15-5-3-4-6-19-15/h3-6,12-14,16,18H,2,7-11H2,1H3. The van der Waals surface area contributed by atoms with Gasteiger partial charge in [0.15, 0.2) is 0 Å². The summed E-state index contributed by atoms with van der Waals surface area (Å²) in [5, 5.41) is 3.78. The van der Waals surface area contributed by atoms with Gasteiger partial charge in [0, 0.05) is 23.3 Å². The predicted molar refractivity (Wildman–Crippen MR) is 76.9 cm³/mol. The molecule has 0 saturated heterocycles. The van der Waals surface area contributed by atoms with Crippen LogP contribution in [0.5, 0.6) is 0 Å². The maximum atomic E-state index is 4.72. The SMILES string of the molecule is CCNC1C2CC3CC1CC(c1ccccn1)(C3)C2. The number of nitrogens with one attached hydrogen (secondary N) is 1. The third kappa shape index (κ3) is 1.76. The second-order valence-electron chi connectivity index (χ2n) is 7.05. The van der Waals surface area contributed by atoms with Crippen LogP contribution in [0.25, 0.3) is 0 Å². The molecule has 2 unspecified atom stereocenters. The Morgan fingerprint density at radius 3 is 2.63 bits per heavy atom. The van der Waals surface area contributed by atoms with E-state index in [-0.39, 0.29) is 0 Å². The summed E-state index contributed by atoms with van der Waals surface area (Å²) >= 11 is 0. The number of pyridine rings is 1. The van der Waals surface area contributed by atoms with Gasteiger partial charge in [0.05, 0.1) is 0 Å². The molecule has 1 N–H and O–H groups in total. The van der Waals surface area contributed by atoms with Crippen molar-refractivity contribution in [2.45, 2.75) is 50.5 Å². The van der Waals surface area contributed by atoms with Gasteiger partial charge in [-0.05, 0) is 68.5 Å². The number of hydrogen-bond acceptors (Lipinski definition) is 2. The molecule has 0 aliphatic heterocycles. The third-order valence-corrected chi connectivity index (χ3v) is 5.92. The molecule has 102 valence electrons. The first-order valence-corrected chi connectivity index (χ1v) is 7.95. The van der Waals surface area contributed by atoms with Crippen LogP contribution in [0.4, 0.5) is 0 Å². The van der Waals surface area contributed by atoms with Crippen LogP contribution in [0, 0.1) is 17.8 Å². The molecule has 2 atom stereocenters. The van der Waals surface area contributed by atoms with Crippen LogP contribution in [0.2, 0.25) is 0 Å². The van der Waals surface area contributed by atoms with E-state index in [2.05, 4.69) is 24.4 Å². The molecule has 0 amide bonds. The third-order valence-electron chi connectivity index (χ3n) is 5.92. The molecule has 2 heteroatoms. The van der Waals surface area contributed by atoms with Gasteiger partial charge in [0.2, 0.25) is 0 Å². The highest BCUT2D eigenvalue weighted by Gasteiger charge is 2.56. The Morgan fingerprint density at radius 1 is 1.21 bits per heavy atom. The molecule has 4 bridgehead atoms. The molecule has 0 spiro atoms. The minimum absolute atomic E-state index is 0.420. The van der Waals surface area contributed by atoms with Crippen molar-refractivity contribution in [1.82, 2.24) is 10.3 Å². The lowest BCUT2D eigenvalue weighted by Gasteiger charge is -2.60. The summed E-state index contributed by atoms with van der Waals surface area (Å²) < 4.78 is 0. The van der Waals surface area contributed by atoms with Gasteiger partial charge >= 0.3 is 0 Å². The lowest BCUT2D eigenvalue weighted by atomic mass is 9.47. The van der Waals surface area contributed by atoms with Gasteiger partial charge in [-0.1, -0.05) is 13.0 Å². The molecule has 4 aliphatic carbocycles. The molecular weight excluding hydrogens is 232 g/mol. The predicted octanol–water partition coefficient (Wildman–Crippen LogP) is 3.14. The van der Waals surface area contributed by atoms with Crippen LogP contribution < -0.4 is 5.32 Å². The number of aromatic nitrogens is 1. The van der Waals surface area contributed by atoms with E-state index in [1.807, 2.05) is 12.3 Å². The largest absolute Gasteiger partial charge is 0.314 e. The Hall–Kier alpha value is -0.890. The first kappa shape index (κ1) is 11.9. The number of rotatable bonds is 3. The van der Waals surface area contributed by atoms with Gasteiger partial charge < -0.3 is 5.32 Å². The Labute approximate surface area is 116 Å². The molecule has 1 aromatic rings. The summed E-state index contributed by atoms with van der Waals surface area (Å²) in [6.07, 6.45) is 9.04. The Kier molecular flexibility index (Phi) is 2.70. The van der Waals surface area contributed by atoms with E-state index in [0.29, 0.717) is 5.41 Å². The van der Waals surface area contributed by atoms with Crippen molar-refractivity contribution in [2.24, 2.45) is 17.8 Å². The maximum Gasteiger partial charge on any atom is 0.0465 e. The zero-order chi connectivity index (χ0) is 12.9. The van der Waals surface area contributed by atoms with Crippen LogP contribution in [0.1, 0.15) is 44.7 Å². The molecule has 1 aromatic heterocycles. The normalized spacial score (nSPS) is 43.6. The minimum atomic E-state index is 0.420. The smallest absolute Gasteiger partial charge is 0.0465 e. The molecule has 4 fully saturated rings. The fraction of sp³-hybridized carbons (Fsp3) is 0.706. The van der Waals surface area contributed by atoms with E-state index in [9.17, 15) is 0 Å². The van der Waals surface area contributed by atoms with Crippen molar-refractivity contribution < 1.29 is 0 Å². The summed E-state index contributed by atoms with van der Waals surface area (Å²) in [4.78, 5) is 4.72. The Bertz CT molecular complexity index is 440. The molecule has 4 saturated carbocycles.